The van der Waals surface area contributed by atoms with Crippen molar-refractivity contribution in [3.8, 4) is 0 Å². The summed E-state index contributed by atoms with van der Waals surface area (Å²) >= 11 is 3.50. The van der Waals surface area contributed by atoms with E-state index in [0.717, 1.165) is 39.1 Å². The zero-order valence-corrected chi connectivity index (χ0v) is 13.7. The van der Waals surface area contributed by atoms with Crippen molar-refractivity contribution < 1.29 is 4.42 Å². The Kier molecular flexibility index (Phi) is 3.87. The predicted octanol–water partition coefficient (Wildman–Crippen LogP) is 3.96. The molecule has 0 saturated carbocycles. The number of fused-ring (bicyclic) bond motifs is 1. The Balaban J connectivity index is 1.89. The third kappa shape index (κ3) is 2.76. The summed E-state index contributed by atoms with van der Waals surface area (Å²) in [6.07, 6.45) is 0.714. The van der Waals surface area contributed by atoms with E-state index in [-0.39, 0.29) is 6.04 Å². The molecule has 0 aliphatic rings. The fourth-order valence-corrected chi connectivity index (χ4v) is 3.06. The summed E-state index contributed by atoms with van der Waals surface area (Å²) in [5.74, 6) is 0.804. The predicted molar refractivity (Wildman–Crippen MR) is 87.2 cm³/mol. The fourth-order valence-electron chi connectivity index (χ4n) is 2.59. The maximum atomic E-state index is 6.32. The molecule has 0 saturated heterocycles. The van der Waals surface area contributed by atoms with Gasteiger partial charge in [-0.05, 0) is 48.0 Å². The molecule has 0 aliphatic heterocycles. The monoisotopic (exact) mass is 347 g/mol. The number of rotatable bonds is 4. The molecular formula is C16H18BrN3O. The molecule has 21 heavy (non-hydrogen) atoms. The van der Waals surface area contributed by atoms with Crippen LogP contribution in [0, 0.1) is 6.92 Å². The summed E-state index contributed by atoms with van der Waals surface area (Å²) in [4.78, 5) is 0. The van der Waals surface area contributed by atoms with Crippen molar-refractivity contribution in [2.45, 2.75) is 32.9 Å². The Labute approximate surface area is 132 Å². The van der Waals surface area contributed by atoms with Crippen molar-refractivity contribution in [3.05, 3.63) is 52.0 Å². The minimum Gasteiger partial charge on any atom is -0.458 e. The normalized spacial score (nSPS) is 13.0. The van der Waals surface area contributed by atoms with Gasteiger partial charge in [0.05, 0.1) is 16.2 Å². The summed E-state index contributed by atoms with van der Waals surface area (Å²) in [7, 11) is 0. The highest BCUT2D eigenvalue weighted by Gasteiger charge is 2.16. The third-order valence-electron chi connectivity index (χ3n) is 3.59. The summed E-state index contributed by atoms with van der Waals surface area (Å²) in [6.45, 7) is 4.93. The van der Waals surface area contributed by atoms with E-state index in [4.69, 9.17) is 10.2 Å². The first kappa shape index (κ1) is 14.4. The third-order valence-corrected chi connectivity index (χ3v) is 4.22. The molecule has 1 unspecified atom stereocenters. The molecule has 2 heterocycles. The van der Waals surface area contributed by atoms with E-state index in [1.165, 1.54) is 0 Å². The van der Waals surface area contributed by atoms with Gasteiger partial charge in [-0.15, -0.1) is 0 Å². The Morgan fingerprint density at radius 2 is 2.19 bits per heavy atom. The van der Waals surface area contributed by atoms with Crippen LogP contribution in [0.1, 0.15) is 30.1 Å². The molecule has 0 spiro atoms. The first-order chi connectivity index (χ1) is 10.1. The molecule has 0 fully saturated rings. The zero-order valence-electron chi connectivity index (χ0n) is 12.1. The Bertz CT molecular complexity index is 775. The van der Waals surface area contributed by atoms with Crippen LogP contribution in [0.15, 0.2) is 39.2 Å². The molecular weight excluding hydrogens is 330 g/mol. The van der Waals surface area contributed by atoms with Crippen LogP contribution in [-0.4, -0.2) is 9.78 Å². The lowest BCUT2D eigenvalue weighted by atomic mass is 10.1. The SMILES string of the molecule is CCn1nc(C)cc1CC(N)c1cc2cccc(Br)c2o1. The van der Waals surface area contributed by atoms with Crippen LogP contribution in [0.3, 0.4) is 0 Å². The average molecular weight is 348 g/mol. The molecule has 1 atom stereocenters. The minimum absolute atomic E-state index is 0.175. The van der Waals surface area contributed by atoms with Crippen LogP contribution in [0.25, 0.3) is 11.0 Å². The lowest BCUT2D eigenvalue weighted by Gasteiger charge is -2.09. The van der Waals surface area contributed by atoms with Crippen molar-refractivity contribution in [3.63, 3.8) is 0 Å². The van der Waals surface area contributed by atoms with Crippen molar-refractivity contribution in [1.82, 2.24) is 9.78 Å². The number of aromatic nitrogens is 2. The van der Waals surface area contributed by atoms with E-state index < -0.39 is 0 Å². The highest BCUT2D eigenvalue weighted by atomic mass is 79.9. The van der Waals surface area contributed by atoms with Gasteiger partial charge < -0.3 is 10.2 Å². The number of nitrogens with zero attached hydrogens (tertiary/aromatic N) is 2. The molecule has 4 nitrogen and oxygen atoms in total. The number of hydrogen-bond acceptors (Lipinski definition) is 3. The van der Waals surface area contributed by atoms with E-state index in [1.54, 1.807) is 0 Å². The van der Waals surface area contributed by atoms with Crippen LogP contribution in [0.5, 0.6) is 0 Å². The standard InChI is InChI=1S/C16H18BrN3O/c1-3-20-12(7-10(2)19-20)9-14(18)15-8-11-5-4-6-13(17)16(11)21-15/h4-8,14H,3,9,18H2,1-2H3. The van der Waals surface area contributed by atoms with Crippen molar-refractivity contribution >= 4 is 26.9 Å². The first-order valence-corrected chi connectivity index (χ1v) is 7.84. The molecule has 0 radical (unpaired) electrons. The van der Waals surface area contributed by atoms with E-state index in [2.05, 4.69) is 34.0 Å². The number of benzene rings is 1. The highest BCUT2D eigenvalue weighted by Crippen LogP contribution is 2.30. The number of furan rings is 1. The first-order valence-electron chi connectivity index (χ1n) is 7.05. The smallest absolute Gasteiger partial charge is 0.148 e. The van der Waals surface area contributed by atoms with E-state index in [0.29, 0.717) is 6.42 Å². The molecule has 110 valence electrons. The minimum atomic E-state index is -0.175. The van der Waals surface area contributed by atoms with Crippen LogP contribution < -0.4 is 5.73 Å². The second-order valence-corrected chi connectivity index (χ2v) is 6.06. The van der Waals surface area contributed by atoms with Crippen molar-refractivity contribution in [2.24, 2.45) is 5.73 Å². The Morgan fingerprint density at radius 3 is 2.90 bits per heavy atom. The maximum Gasteiger partial charge on any atom is 0.148 e. The molecule has 2 aromatic heterocycles. The van der Waals surface area contributed by atoms with Crippen LogP contribution in [0.4, 0.5) is 0 Å². The van der Waals surface area contributed by atoms with Gasteiger partial charge in [0, 0.05) is 24.0 Å². The van der Waals surface area contributed by atoms with Gasteiger partial charge in [0.25, 0.3) is 0 Å². The quantitative estimate of drug-likeness (QED) is 0.776. The lowest BCUT2D eigenvalue weighted by Crippen LogP contribution is -2.15. The van der Waals surface area contributed by atoms with Gasteiger partial charge in [0.1, 0.15) is 11.3 Å². The van der Waals surface area contributed by atoms with Crippen molar-refractivity contribution in [2.75, 3.05) is 0 Å². The van der Waals surface area contributed by atoms with Gasteiger partial charge in [0.15, 0.2) is 0 Å². The number of aryl methyl sites for hydroxylation is 2. The van der Waals surface area contributed by atoms with Gasteiger partial charge in [-0.3, -0.25) is 4.68 Å². The summed E-state index contributed by atoms with van der Waals surface area (Å²) < 4.78 is 8.86. The number of halogens is 1. The lowest BCUT2D eigenvalue weighted by molar-refractivity contribution is 0.481. The van der Waals surface area contributed by atoms with E-state index >= 15 is 0 Å². The zero-order chi connectivity index (χ0) is 15.0. The second-order valence-electron chi connectivity index (χ2n) is 5.21. The van der Waals surface area contributed by atoms with Crippen LogP contribution >= 0.6 is 15.9 Å². The number of para-hydroxylation sites is 1. The molecule has 5 heteroatoms. The van der Waals surface area contributed by atoms with Crippen LogP contribution in [-0.2, 0) is 13.0 Å². The summed E-state index contributed by atoms with van der Waals surface area (Å²) in [6, 6.07) is 9.92. The topological polar surface area (TPSA) is 57.0 Å². The Hall–Kier alpha value is -1.59. The van der Waals surface area contributed by atoms with Gasteiger partial charge in [-0.25, -0.2) is 0 Å². The van der Waals surface area contributed by atoms with Crippen LogP contribution in [0.2, 0.25) is 0 Å². The summed E-state index contributed by atoms with van der Waals surface area (Å²) in [5, 5.41) is 5.52. The molecule has 3 aromatic rings. The van der Waals surface area contributed by atoms with E-state index in [1.807, 2.05) is 35.9 Å². The largest absolute Gasteiger partial charge is 0.458 e. The fraction of sp³-hybridized carbons (Fsp3) is 0.312. The van der Waals surface area contributed by atoms with E-state index in [9.17, 15) is 0 Å². The highest BCUT2D eigenvalue weighted by molar-refractivity contribution is 9.10. The number of nitrogens with two attached hydrogens (primary N) is 1. The van der Waals surface area contributed by atoms with Gasteiger partial charge in [-0.1, -0.05) is 12.1 Å². The second kappa shape index (κ2) is 5.66. The van der Waals surface area contributed by atoms with Gasteiger partial charge in [0.2, 0.25) is 0 Å². The molecule has 2 N–H and O–H groups in total. The maximum absolute atomic E-state index is 6.32. The average Bonchev–Trinajstić information content (AvgIpc) is 3.03. The molecule has 0 amide bonds. The summed E-state index contributed by atoms with van der Waals surface area (Å²) in [5.41, 5.74) is 9.33. The molecule has 0 bridgehead atoms. The molecule has 0 aliphatic carbocycles. The molecule has 1 aromatic carbocycles. The number of hydrogen-bond donors (Lipinski definition) is 1. The molecule has 3 rings (SSSR count). The van der Waals surface area contributed by atoms with Gasteiger partial charge in [-0.2, -0.15) is 5.10 Å². The van der Waals surface area contributed by atoms with Gasteiger partial charge >= 0.3 is 0 Å². The Morgan fingerprint density at radius 1 is 1.38 bits per heavy atom. The van der Waals surface area contributed by atoms with Crippen molar-refractivity contribution in [1.29, 1.82) is 0 Å².